The highest BCUT2D eigenvalue weighted by Gasteiger charge is 2.09. The van der Waals surface area contributed by atoms with Gasteiger partial charge in [-0.2, -0.15) is 5.26 Å². The molecule has 2 rings (SSSR count). The molecule has 0 aliphatic carbocycles. The monoisotopic (exact) mass is 282 g/mol. The van der Waals surface area contributed by atoms with Crippen LogP contribution in [0.5, 0.6) is 11.5 Å². The predicted molar refractivity (Wildman–Crippen MR) is 82.8 cm³/mol. The van der Waals surface area contributed by atoms with Crippen molar-refractivity contribution in [1.29, 1.82) is 5.26 Å². The van der Waals surface area contributed by atoms with Crippen molar-refractivity contribution >= 4 is 5.69 Å². The lowest BCUT2D eigenvalue weighted by Crippen LogP contribution is -2.17. The number of hydrogen-bond acceptors (Lipinski definition) is 4. The molecule has 0 saturated carbocycles. The normalized spacial score (nSPS) is 9.81. The summed E-state index contributed by atoms with van der Waals surface area (Å²) < 4.78 is 10.5. The molecular weight excluding hydrogens is 264 g/mol. The van der Waals surface area contributed by atoms with E-state index in [0.29, 0.717) is 17.9 Å². The van der Waals surface area contributed by atoms with Crippen molar-refractivity contribution in [2.45, 2.75) is 6.54 Å². The molecule has 108 valence electrons. The summed E-state index contributed by atoms with van der Waals surface area (Å²) in [6.07, 6.45) is 0. The summed E-state index contributed by atoms with van der Waals surface area (Å²) in [6.45, 7) is 0.680. The quantitative estimate of drug-likeness (QED) is 0.844. The van der Waals surface area contributed by atoms with E-state index in [9.17, 15) is 0 Å². The maximum absolute atomic E-state index is 9.14. The number of hydrogen-bond donors (Lipinski definition) is 0. The lowest BCUT2D eigenvalue weighted by Gasteiger charge is -2.22. The first-order valence-corrected chi connectivity index (χ1v) is 6.60. The van der Waals surface area contributed by atoms with Crippen molar-refractivity contribution in [3.05, 3.63) is 53.6 Å². The standard InChI is InChI=1S/C17H18N2O2/c1-19(15-6-4-5-7-17(15)21-3)12-13-8-9-16(20-2)14(10-13)11-18/h4-10H,12H2,1-3H3. The Kier molecular flexibility index (Phi) is 4.68. The van der Waals surface area contributed by atoms with Gasteiger partial charge in [-0.15, -0.1) is 0 Å². The van der Waals surface area contributed by atoms with E-state index >= 15 is 0 Å². The third-order valence-electron chi connectivity index (χ3n) is 3.30. The lowest BCUT2D eigenvalue weighted by molar-refractivity contribution is 0.413. The fraction of sp³-hybridized carbons (Fsp3) is 0.235. The Hall–Kier alpha value is -2.67. The van der Waals surface area contributed by atoms with Gasteiger partial charge in [-0.1, -0.05) is 18.2 Å². The molecule has 0 spiro atoms. The van der Waals surface area contributed by atoms with E-state index in [1.165, 1.54) is 0 Å². The maximum atomic E-state index is 9.14. The van der Waals surface area contributed by atoms with Crippen LogP contribution in [0.3, 0.4) is 0 Å². The molecule has 0 bridgehead atoms. The highest BCUT2D eigenvalue weighted by molar-refractivity contribution is 5.58. The highest BCUT2D eigenvalue weighted by atomic mass is 16.5. The van der Waals surface area contributed by atoms with Gasteiger partial charge in [0.25, 0.3) is 0 Å². The minimum atomic E-state index is 0.545. The first-order valence-electron chi connectivity index (χ1n) is 6.60. The van der Waals surface area contributed by atoms with Crippen LogP contribution in [-0.2, 0) is 6.54 Å². The highest BCUT2D eigenvalue weighted by Crippen LogP contribution is 2.28. The van der Waals surface area contributed by atoms with Gasteiger partial charge < -0.3 is 14.4 Å². The fourth-order valence-corrected chi connectivity index (χ4v) is 2.25. The largest absolute Gasteiger partial charge is 0.495 e. The van der Waals surface area contributed by atoms with Crippen molar-refractivity contribution in [2.75, 3.05) is 26.2 Å². The number of nitrogens with zero attached hydrogens (tertiary/aromatic N) is 2. The molecular formula is C17H18N2O2. The van der Waals surface area contributed by atoms with E-state index in [4.69, 9.17) is 14.7 Å². The van der Waals surface area contributed by atoms with Crippen LogP contribution in [0, 0.1) is 11.3 Å². The van der Waals surface area contributed by atoms with Gasteiger partial charge in [-0.3, -0.25) is 0 Å². The number of methoxy groups -OCH3 is 2. The molecule has 0 N–H and O–H groups in total. The van der Waals surface area contributed by atoms with Crippen LogP contribution in [0.2, 0.25) is 0 Å². The number of benzene rings is 2. The van der Waals surface area contributed by atoms with Gasteiger partial charge in [0.1, 0.15) is 17.6 Å². The Morgan fingerprint density at radius 1 is 1.05 bits per heavy atom. The Balaban J connectivity index is 2.24. The van der Waals surface area contributed by atoms with Crippen LogP contribution in [0.15, 0.2) is 42.5 Å². The van der Waals surface area contributed by atoms with Crippen molar-refractivity contribution in [3.63, 3.8) is 0 Å². The van der Waals surface area contributed by atoms with Gasteiger partial charge in [-0.25, -0.2) is 0 Å². The first kappa shape index (κ1) is 14.7. The van der Waals surface area contributed by atoms with Gasteiger partial charge >= 0.3 is 0 Å². The van der Waals surface area contributed by atoms with Gasteiger partial charge in [-0.05, 0) is 29.8 Å². The molecule has 0 radical (unpaired) electrons. The smallest absolute Gasteiger partial charge is 0.142 e. The Morgan fingerprint density at radius 2 is 1.76 bits per heavy atom. The number of ether oxygens (including phenoxy) is 2. The number of para-hydroxylation sites is 2. The van der Waals surface area contributed by atoms with E-state index < -0.39 is 0 Å². The average Bonchev–Trinajstić information content (AvgIpc) is 2.54. The zero-order chi connectivity index (χ0) is 15.2. The summed E-state index contributed by atoms with van der Waals surface area (Å²) in [6, 6.07) is 15.6. The molecule has 0 aliphatic heterocycles. The molecule has 0 fully saturated rings. The summed E-state index contributed by atoms with van der Waals surface area (Å²) >= 11 is 0. The fourth-order valence-electron chi connectivity index (χ4n) is 2.25. The van der Waals surface area contributed by atoms with Crippen LogP contribution in [-0.4, -0.2) is 21.3 Å². The second-order valence-electron chi connectivity index (χ2n) is 4.67. The molecule has 21 heavy (non-hydrogen) atoms. The van der Waals surface area contributed by atoms with Crippen LogP contribution >= 0.6 is 0 Å². The van der Waals surface area contributed by atoms with Crippen LogP contribution in [0.4, 0.5) is 5.69 Å². The number of rotatable bonds is 5. The molecule has 0 unspecified atom stereocenters. The minimum Gasteiger partial charge on any atom is -0.495 e. The van der Waals surface area contributed by atoms with Crippen molar-refractivity contribution in [1.82, 2.24) is 0 Å². The van der Waals surface area contributed by atoms with Gasteiger partial charge in [0.15, 0.2) is 0 Å². The van der Waals surface area contributed by atoms with Crippen molar-refractivity contribution < 1.29 is 9.47 Å². The molecule has 4 heteroatoms. The SMILES string of the molecule is COc1ccc(CN(C)c2ccccc2OC)cc1C#N. The van der Waals surface area contributed by atoms with Gasteiger partial charge in [0.2, 0.25) is 0 Å². The summed E-state index contributed by atoms with van der Waals surface area (Å²) in [4.78, 5) is 2.09. The summed E-state index contributed by atoms with van der Waals surface area (Å²) in [5.41, 5.74) is 2.60. The second kappa shape index (κ2) is 6.67. The van der Waals surface area contributed by atoms with E-state index in [1.807, 2.05) is 49.5 Å². The summed E-state index contributed by atoms with van der Waals surface area (Å²) in [5.74, 6) is 1.43. The molecule has 0 atom stereocenters. The Bertz CT molecular complexity index is 662. The Labute approximate surface area is 125 Å². The molecule has 2 aromatic carbocycles. The first-order chi connectivity index (χ1) is 10.2. The predicted octanol–water partition coefficient (Wildman–Crippen LogP) is 3.21. The summed E-state index contributed by atoms with van der Waals surface area (Å²) in [7, 11) is 5.22. The lowest BCUT2D eigenvalue weighted by atomic mass is 10.1. The number of anilines is 1. The van der Waals surface area contributed by atoms with Crippen LogP contribution < -0.4 is 14.4 Å². The van der Waals surface area contributed by atoms with E-state index in [0.717, 1.165) is 17.0 Å². The molecule has 4 nitrogen and oxygen atoms in total. The zero-order valence-corrected chi connectivity index (χ0v) is 12.5. The molecule has 0 aromatic heterocycles. The number of nitriles is 1. The van der Waals surface area contributed by atoms with Crippen molar-refractivity contribution in [3.8, 4) is 17.6 Å². The minimum absolute atomic E-state index is 0.545. The topological polar surface area (TPSA) is 45.5 Å². The van der Waals surface area contributed by atoms with Crippen LogP contribution in [0.1, 0.15) is 11.1 Å². The van der Waals surface area contributed by atoms with Gasteiger partial charge in [0.05, 0.1) is 25.5 Å². The molecule has 0 saturated heterocycles. The third kappa shape index (κ3) is 3.26. The molecule has 0 amide bonds. The average molecular weight is 282 g/mol. The third-order valence-corrected chi connectivity index (χ3v) is 3.30. The molecule has 0 aliphatic rings. The summed E-state index contributed by atoms with van der Waals surface area (Å²) in [5, 5.41) is 9.14. The molecule has 2 aromatic rings. The second-order valence-corrected chi connectivity index (χ2v) is 4.67. The molecule has 0 heterocycles. The zero-order valence-electron chi connectivity index (χ0n) is 12.5. The van der Waals surface area contributed by atoms with Crippen LogP contribution in [0.25, 0.3) is 0 Å². The van der Waals surface area contributed by atoms with E-state index in [-0.39, 0.29) is 0 Å². The maximum Gasteiger partial charge on any atom is 0.142 e. The van der Waals surface area contributed by atoms with Gasteiger partial charge in [0, 0.05) is 13.6 Å². The van der Waals surface area contributed by atoms with Crippen molar-refractivity contribution in [2.24, 2.45) is 0 Å². The Morgan fingerprint density at radius 3 is 2.43 bits per heavy atom. The van der Waals surface area contributed by atoms with E-state index in [1.54, 1.807) is 14.2 Å². The van der Waals surface area contributed by atoms with E-state index in [2.05, 4.69) is 11.0 Å².